The molecule has 0 saturated carbocycles. The summed E-state index contributed by atoms with van der Waals surface area (Å²) in [6, 6.07) is 3.74. The molecule has 132 valence electrons. The van der Waals surface area contributed by atoms with Crippen molar-refractivity contribution in [1.82, 2.24) is 9.99 Å². The van der Waals surface area contributed by atoms with Gasteiger partial charge in [0.05, 0.1) is 16.9 Å². The zero-order valence-corrected chi connectivity index (χ0v) is 12.2. The number of aromatic nitrogens is 1. The summed E-state index contributed by atoms with van der Waals surface area (Å²) in [6.45, 7) is 0. The van der Waals surface area contributed by atoms with Crippen LogP contribution in [0.25, 0.3) is 11.3 Å². The minimum absolute atomic E-state index is 0.0114. The molecule has 0 fully saturated rings. The highest BCUT2D eigenvalue weighted by molar-refractivity contribution is 5.76. The summed E-state index contributed by atoms with van der Waals surface area (Å²) in [7, 11) is 0. The van der Waals surface area contributed by atoms with Crippen LogP contribution in [0.2, 0.25) is 0 Å². The SMILES string of the molecule is O=CC1c2cc(-c3ncccc3C(F)(F)F)ccc2NN1C(F)(F)F. The molecular weight excluding hydrogens is 352 g/mol. The number of hydrazine groups is 1. The Hall–Kier alpha value is -2.62. The van der Waals surface area contributed by atoms with Crippen LogP contribution in [-0.4, -0.2) is 22.6 Å². The lowest BCUT2D eigenvalue weighted by Crippen LogP contribution is -2.41. The van der Waals surface area contributed by atoms with E-state index in [0.717, 1.165) is 24.4 Å². The van der Waals surface area contributed by atoms with Crippen molar-refractivity contribution in [3.8, 4) is 11.3 Å². The summed E-state index contributed by atoms with van der Waals surface area (Å²) in [5.74, 6) is 0. The fourth-order valence-electron chi connectivity index (χ4n) is 2.61. The average molecular weight is 361 g/mol. The van der Waals surface area contributed by atoms with Gasteiger partial charge in [-0.05, 0) is 24.3 Å². The Balaban J connectivity index is 2.10. The Kier molecular flexibility index (Phi) is 3.94. The fourth-order valence-corrected chi connectivity index (χ4v) is 2.61. The molecule has 25 heavy (non-hydrogen) atoms. The van der Waals surface area contributed by atoms with Crippen LogP contribution in [0.5, 0.6) is 0 Å². The van der Waals surface area contributed by atoms with Gasteiger partial charge in [-0.3, -0.25) is 4.98 Å². The number of hydrogen-bond acceptors (Lipinski definition) is 4. The van der Waals surface area contributed by atoms with Crippen LogP contribution in [0.3, 0.4) is 0 Å². The van der Waals surface area contributed by atoms with E-state index in [9.17, 15) is 31.1 Å². The quantitative estimate of drug-likeness (QED) is 0.495. The number of carbonyl (C=O) groups is 1. The molecule has 1 N–H and O–H groups in total. The van der Waals surface area contributed by atoms with Crippen molar-refractivity contribution >= 4 is 12.0 Å². The minimum atomic E-state index is -4.84. The molecule has 0 spiro atoms. The first-order valence-electron chi connectivity index (χ1n) is 6.87. The molecular formula is C15H9F6N3O. The highest BCUT2D eigenvalue weighted by atomic mass is 19.4. The summed E-state index contributed by atoms with van der Waals surface area (Å²) < 4.78 is 78.2. The number of alkyl halides is 6. The van der Waals surface area contributed by atoms with Gasteiger partial charge in [-0.15, -0.1) is 5.01 Å². The van der Waals surface area contributed by atoms with Gasteiger partial charge < -0.3 is 10.2 Å². The monoisotopic (exact) mass is 361 g/mol. The largest absolute Gasteiger partial charge is 0.478 e. The van der Waals surface area contributed by atoms with Gasteiger partial charge in [0.25, 0.3) is 0 Å². The van der Waals surface area contributed by atoms with E-state index in [1.54, 1.807) is 0 Å². The summed E-state index contributed by atoms with van der Waals surface area (Å²) in [4.78, 5) is 14.8. The third-order valence-corrected chi connectivity index (χ3v) is 3.68. The van der Waals surface area contributed by atoms with Crippen molar-refractivity contribution < 1.29 is 31.1 Å². The molecule has 1 aliphatic heterocycles. The van der Waals surface area contributed by atoms with Gasteiger partial charge in [-0.1, -0.05) is 6.07 Å². The molecule has 0 bridgehead atoms. The Labute approximate surface area is 137 Å². The smallest absolute Gasteiger partial charge is 0.310 e. The Morgan fingerprint density at radius 3 is 2.44 bits per heavy atom. The number of halogens is 6. The minimum Gasteiger partial charge on any atom is -0.310 e. The van der Waals surface area contributed by atoms with Crippen molar-refractivity contribution in [3.05, 3.63) is 47.7 Å². The predicted octanol–water partition coefficient (Wildman–Crippen LogP) is 4.17. The molecule has 3 rings (SSSR count). The highest BCUT2D eigenvalue weighted by Gasteiger charge is 2.47. The normalized spacial score (nSPS) is 17.9. The van der Waals surface area contributed by atoms with Gasteiger partial charge in [-0.2, -0.15) is 26.3 Å². The summed E-state index contributed by atoms with van der Waals surface area (Å²) in [6.07, 6.45) is -8.30. The number of hydrogen-bond donors (Lipinski definition) is 1. The van der Waals surface area contributed by atoms with Crippen molar-refractivity contribution in [2.75, 3.05) is 5.43 Å². The van der Waals surface area contributed by atoms with Gasteiger partial charge in [-0.25, -0.2) is 0 Å². The third kappa shape index (κ3) is 3.04. The first-order valence-corrected chi connectivity index (χ1v) is 6.87. The fraction of sp³-hybridized carbons (Fsp3) is 0.200. The van der Waals surface area contributed by atoms with E-state index in [0.29, 0.717) is 0 Å². The van der Waals surface area contributed by atoms with E-state index < -0.39 is 29.8 Å². The second-order valence-corrected chi connectivity index (χ2v) is 5.23. The molecule has 1 aromatic carbocycles. The van der Waals surface area contributed by atoms with Crippen LogP contribution in [0.15, 0.2) is 36.5 Å². The zero-order chi connectivity index (χ0) is 18.4. The first kappa shape index (κ1) is 17.2. The van der Waals surface area contributed by atoms with Gasteiger partial charge in [0.2, 0.25) is 0 Å². The molecule has 0 amide bonds. The van der Waals surface area contributed by atoms with Crippen molar-refractivity contribution in [3.63, 3.8) is 0 Å². The number of rotatable bonds is 2. The van der Waals surface area contributed by atoms with Crippen LogP contribution in [0.4, 0.5) is 32.0 Å². The number of carbonyl (C=O) groups excluding carboxylic acids is 1. The van der Waals surface area contributed by atoms with Crippen LogP contribution in [0, 0.1) is 0 Å². The standard InChI is InChI=1S/C15H9F6N3O/c16-14(17,18)10-2-1-5-22-13(10)8-3-4-11-9(6-8)12(7-25)24(23-11)15(19,20)21/h1-7,12,23H. The van der Waals surface area contributed by atoms with Crippen molar-refractivity contribution in [2.24, 2.45) is 0 Å². The molecule has 1 atom stereocenters. The van der Waals surface area contributed by atoms with E-state index in [4.69, 9.17) is 0 Å². The van der Waals surface area contributed by atoms with Crippen LogP contribution >= 0.6 is 0 Å². The number of nitrogens with one attached hydrogen (secondary N) is 1. The number of benzene rings is 1. The second kappa shape index (κ2) is 5.73. The lowest BCUT2D eigenvalue weighted by Gasteiger charge is -2.22. The van der Waals surface area contributed by atoms with Crippen LogP contribution < -0.4 is 5.43 Å². The van der Waals surface area contributed by atoms with Gasteiger partial charge in [0.15, 0.2) is 0 Å². The molecule has 1 aliphatic rings. The number of nitrogens with zero attached hydrogens (tertiary/aromatic N) is 2. The average Bonchev–Trinajstić information content (AvgIpc) is 2.92. The second-order valence-electron chi connectivity index (χ2n) is 5.23. The molecule has 10 heteroatoms. The third-order valence-electron chi connectivity index (χ3n) is 3.68. The molecule has 2 aromatic rings. The maximum atomic E-state index is 13.1. The van der Waals surface area contributed by atoms with E-state index in [1.165, 1.54) is 12.1 Å². The van der Waals surface area contributed by atoms with Gasteiger partial charge >= 0.3 is 12.5 Å². The van der Waals surface area contributed by atoms with E-state index in [1.807, 2.05) is 5.43 Å². The van der Waals surface area contributed by atoms with Gasteiger partial charge in [0, 0.05) is 17.3 Å². The number of anilines is 1. The molecule has 2 heterocycles. The van der Waals surface area contributed by atoms with E-state index >= 15 is 0 Å². The number of aldehydes is 1. The lowest BCUT2D eigenvalue weighted by atomic mass is 9.99. The summed E-state index contributed by atoms with van der Waals surface area (Å²) in [5.41, 5.74) is 0.464. The van der Waals surface area contributed by atoms with E-state index in [2.05, 4.69) is 4.98 Å². The molecule has 0 saturated heterocycles. The maximum absolute atomic E-state index is 13.1. The number of pyridine rings is 1. The summed E-state index contributed by atoms with van der Waals surface area (Å²) >= 11 is 0. The van der Waals surface area contributed by atoms with Crippen molar-refractivity contribution in [1.29, 1.82) is 0 Å². The first-order chi connectivity index (χ1) is 11.6. The summed E-state index contributed by atoms with van der Waals surface area (Å²) in [5, 5.41) is -0.211. The molecule has 0 aliphatic carbocycles. The molecule has 4 nitrogen and oxygen atoms in total. The Morgan fingerprint density at radius 2 is 1.84 bits per heavy atom. The highest BCUT2D eigenvalue weighted by Crippen LogP contribution is 2.43. The lowest BCUT2D eigenvalue weighted by molar-refractivity contribution is -0.244. The van der Waals surface area contributed by atoms with E-state index in [-0.39, 0.29) is 28.1 Å². The number of fused-ring (bicyclic) bond motifs is 1. The molecule has 0 radical (unpaired) electrons. The Bertz CT molecular complexity index is 818. The molecule has 1 aromatic heterocycles. The maximum Gasteiger partial charge on any atom is 0.478 e. The van der Waals surface area contributed by atoms with Crippen LogP contribution in [-0.2, 0) is 11.0 Å². The zero-order valence-electron chi connectivity index (χ0n) is 12.2. The predicted molar refractivity (Wildman–Crippen MR) is 75.0 cm³/mol. The molecule has 1 unspecified atom stereocenters. The van der Waals surface area contributed by atoms with Crippen molar-refractivity contribution in [2.45, 2.75) is 18.5 Å². The van der Waals surface area contributed by atoms with Crippen LogP contribution in [0.1, 0.15) is 17.2 Å². The topological polar surface area (TPSA) is 45.2 Å². The Morgan fingerprint density at radius 1 is 1.12 bits per heavy atom. The van der Waals surface area contributed by atoms with Gasteiger partial charge in [0.1, 0.15) is 12.3 Å².